The lowest BCUT2D eigenvalue weighted by molar-refractivity contribution is 0.846. The third kappa shape index (κ3) is 4.15. The molecule has 0 aromatic carbocycles. The van der Waals surface area contributed by atoms with Crippen LogP contribution in [0.25, 0.3) is 0 Å². The lowest BCUT2D eigenvalue weighted by Gasteiger charge is -2.20. The van der Waals surface area contributed by atoms with Gasteiger partial charge in [0.05, 0.1) is 12.2 Å². The first-order valence-corrected chi connectivity index (χ1v) is 7.31. The summed E-state index contributed by atoms with van der Waals surface area (Å²) in [7, 11) is 2.03. The van der Waals surface area contributed by atoms with Crippen molar-refractivity contribution in [2.24, 2.45) is 0 Å². The highest BCUT2D eigenvalue weighted by Gasteiger charge is 2.10. The lowest BCUT2D eigenvalue weighted by Crippen LogP contribution is -2.20. The van der Waals surface area contributed by atoms with Crippen molar-refractivity contribution in [2.75, 3.05) is 23.8 Å². The second kappa shape index (κ2) is 7.02. The molecule has 21 heavy (non-hydrogen) atoms. The number of aryl methyl sites for hydroxylation is 2. The van der Waals surface area contributed by atoms with E-state index < -0.39 is 0 Å². The van der Waals surface area contributed by atoms with Crippen molar-refractivity contribution in [1.82, 2.24) is 15.0 Å². The summed E-state index contributed by atoms with van der Waals surface area (Å²) >= 11 is 0. The van der Waals surface area contributed by atoms with Gasteiger partial charge >= 0.3 is 0 Å². The smallest absolute Gasteiger partial charge is 0.224 e. The van der Waals surface area contributed by atoms with Crippen LogP contribution < -0.4 is 10.2 Å². The summed E-state index contributed by atoms with van der Waals surface area (Å²) in [4.78, 5) is 15.6. The van der Waals surface area contributed by atoms with Crippen molar-refractivity contribution >= 4 is 11.8 Å². The van der Waals surface area contributed by atoms with Crippen LogP contribution in [-0.2, 0) is 6.54 Å². The Bertz CT molecular complexity index is 597. The van der Waals surface area contributed by atoms with E-state index in [0.717, 1.165) is 42.3 Å². The van der Waals surface area contributed by atoms with Gasteiger partial charge in [-0.3, -0.25) is 4.98 Å². The highest BCUT2D eigenvalue weighted by Crippen LogP contribution is 2.18. The van der Waals surface area contributed by atoms with E-state index in [4.69, 9.17) is 0 Å². The zero-order valence-corrected chi connectivity index (χ0v) is 13.2. The van der Waals surface area contributed by atoms with E-state index in [2.05, 4.69) is 32.1 Å². The molecule has 0 saturated carbocycles. The zero-order chi connectivity index (χ0) is 15.2. The van der Waals surface area contributed by atoms with E-state index in [1.807, 2.05) is 45.3 Å². The van der Waals surface area contributed by atoms with E-state index in [1.165, 1.54) is 0 Å². The van der Waals surface area contributed by atoms with Gasteiger partial charge in [-0.2, -0.15) is 4.98 Å². The average molecular weight is 285 g/mol. The van der Waals surface area contributed by atoms with Crippen LogP contribution in [0, 0.1) is 13.8 Å². The predicted octanol–water partition coefficient (Wildman–Crippen LogP) is 2.95. The number of pyridine rings is 1. The van der Waals surface area contributed by atoms with Gasteiger partial charge in [-0.1, -0.05) is 13.0 Å². The zero-order valence-electron chi connectivity index (χ0n) is 13.2. The van der Waals surface area contributed by atoms with Crippen molar-refractivity contribution in [1.29, 1.82) is 0 Å². The molecule has 1 N–H and O–H groups in total. The standard InChI is InChI=1S/C16H23N5/c1-5-9-17-16-18-10-12(2)15(20-16)21(4)11-14-8-6-7-13(3)19-14/h6-8,10H,5,9,11H2,1-4H3,(H,17,18,20). The molecule has 5 heteroatoms. The molecular weight excluding hydrogens is 262 g/mol. The first kappa shape index (κ1) is 15.2. The van der Waals surface area contributed by atoms with Crippen LogP contribution in [0.4, 0.5) is 11.8 Å². The predicted molar refractivity (Wildman–Crippen MR) is 86.6 cm³/mol. The molecule has 0 spiro atoms. The summed E-state index contributed by atoms with van der Waals surface area (Å²) in [5.41, 5.74) is 3.14. The van der Waals surface area contributed by atoms with Crippen molar-refractivity contribution in [3.8, 4) is 0 Å². The van der Waals surface area contributed by atoms with E-state index in [-0.39, 0.29) is 0 Å². The van der Waals surface area contributed by atoms with Gasteiger partial charge in [0.15, 0.2) is 0 Å². The second-order valence-corrected chi connectivity index (χ2v) is 5.25. The van der Waals surface area contributed by atoms with Crippen LogP contribution in [0.2, 0.25) is 0 Å². The van der Waals surface area contributed by atoms with Gasteiger partial charge in [-0.15, -0.1) is 0 Å². The van der Waals surface area contributed by atoms with Crippen molar-refractivity contribution in [3.63, 3.8) is 0 Å². The van der Waals surface area contributed by atoms with Gasteiger partial charge in [-0.05, 0) is 32.4 Å². The third-order valence-corrected chi connectivity index (χ3v) is 3.18. The Balaban J connectivity index is 2.15. The van der Waals surface area contributed by atoms with Crippen molar-refractivity contribution in [2.45, 2.75) is 33.7 Å². The molecule has 0 amide bonds. The fourth-order valence-corrected chi connectivity index (χ4v) is 2.15. The summed E-state index contributed by atoms with van der Waals surface area (Å²) in [5, 5.41) is 3.23. The molecule has 2 heterocycles. The number of nitrogens with zero attached hydrogens (tertiary/aromatic N) is 4. The van der Waals surface area contributed by atoms with Gasteiger partial charge in [0, 0.05) is 31.0 Å². The Labute approximate surface area is 126 Å². The lowest BCUT2D eigenvalue weighted by atomic mass is 10.2. The van der Waals surface area contributed by atoms with Crippen LogP contribution in [-0.4, -0.2) is 28.5 Å². The summed E-state index contributed by atoms with van der Waals surface area (Å²) in [6, 6.07) is 6.08. The molecule has 2 rings (SSSR count). The molecule has 0 saturated heterocycles. The normalized spacial score (nSPS) is 10.5. The molecule has 0 aliphatic rings. The van der Waals surface area contributed by atoms with E-state index in [0.29, 0.717) is 5.95 Å². The molecule has 0 aliphatic heterocycles. The van der Waals surface area contributed by atoms with Crippen LogP contribution in [0.5, 0.6) is 0 Å². The Morgan fingerprint density at radius 3 is 2.71 bits per heavy atom. The summed E-state index contributed by atoms with van der Waals surface area (Å²) in [6.07, 6.45) is 2.91. The van der Waals surface area contributed by atoms with Gasteiger partial charge in [0.25, 0.3) is 0 Å². The Kier molecular flexibility index (Phi) is 5.09. The van der Waals surface area contributed by atoms with Gasteiger partial charge in [0.1, 0.15) is 5.82 Å². The Morgan fingerprint density at radius 2 is 2.00 bits per heavy atom. The largest absolute Gasteiger partial charge is 0.354 e. The van der Waals surface area contributed by atoms with Crippen LogP contribution in [0.15, 0.2) is 24.4 Å². The maximum absolute atomic E-state index is 4.60. The monoisotopic (exact) mass is 285 g/mol. The second-order valence-electron chi connectivity index (χ2n) is 5.25. The maximum Gasteiger partial charge on any atom is 0.224 e. The number of nitrogens with one attached hydrogen (secondary N) is 1. The first-order valence-electron chi connectivity index (χ1n) is 7.31. The molecule has 2 aromatic rings. The highest BCUT2D eigenvalue weighted by molar-refractivity contribution is 5.48. The van der Waals surface area contributed by atoms with Crippen molar-refractivity contribution in [3.05, 3.63) is 41.3 Å². The van der Waals surface area contributed by atoms with E-state index in [9.17, 15) is 0 Å². The molecule has 0 aliphatic carbocycles. The summed E-state index contributed by atoms with van der Waals surface area (Å²) < 4.78 is 0. The molecular formula is C16H23N5. The van der Waals surface area contributed by atoms with Crippen LogP contribution in [0.3, 0.4) is 0 Å². The SMILES string of the molecule is CCCNc1ncc(C)c(N(C)Cc2cccc(C)n2)n1. The summed E-state index contributed by atoms with van der Waals surface area (Å²) in [5.74, 6) is 1.62. The highest BCUT2D eigenvalue weighted by atomic mass is 15.2. The fraction of sp³-hybridized carbons (Fsp3) is 0.438. The van der Waals surface area contributed by atoms with Gasteiger partial charge < -0.3 is 10.2 Å². The molecule has 0 unspecified atom stereocenters. The van der Waals surface area contributed by atoms with Gasteiger partial charge in [-0.25, -0.2) is 4.98 Å². The Hall–Kier alpha value is -2.17. The minimum atomic E-state index is 0.682. The van der Waals surface area contributed by atoms with Gasteiger partial charge in [0.2, 0.25) is 5.95 Å². The number of anilines is 2. The average Bonchev–Trinajstić information content (AvgIpc) is 2.46. The first-order chi connectivity index (χ1) is 10.1. The quantitative estimate of drug-likeness (QED) is 0.884. The van der Waals surface area contributed by atoms with Crippen molar-refractivity contribution < 1.29 is 0 Å². The molecule has 112 valence electrons. The number of hydrogen-bond donors (Lipinski definition) is 1. The Morgan fingerprint density at radius 1 is 1.19 bits per heavy atom. The fourth-order valence-electron chi connectivity index (χ4n) is 2.15. The summed E-state index contributed by atoms with van der Waals surface area (Å²) in [6.45, 7) is 7.77. The topological polar surface area (TPSA) is 53.9 Å². The molecule has 0 radical (unpaired) electrons. The minimum Gasteiger partial charge on any atom is -0.354 e. The van der Waals surface area contributed by atoms with Crippen LogP contribution in [0.1, 0.15) is 30.3 Å². The molecule has 2 aromatic heterocycles. The maximum atomic E-state index is 4.60. The molecule has 0 fully saturated rings. The molecule has 0 atom stereocenters. The van der Waals surface area contributed by atoms with E-state index in [1.54, 1.807) is 0 Å². The minimum absolute atomic E-state index is 0.682. The number of hydrogen-bond acceptors (Lipinski definition) is 5. The number of rotatable bonds is 6. The molecule has 5 nitrogen and oxygen atoms in total. The molecule has 0 bridgehead atoms. The van der Waals surface area contributed by atoms with Crippen LogP contribution >= 0.6 is 0 Å². The van der Waals surface area contributed by atoms with E-state index >= 15 is 0 Å². The third-order valence-electron chi connectivity index (χ3n) is 3.18. The number of aromatic nitrogens is 3.